The van der Waals surface area contributed by atoms with E-state index in [-0.39, 0.29) is 0 Å². The molecule has 3 heterocycles. The number of aromatic nitrogens is 2. The average Bonchev–Trinajstić information content (AvgIpc) is 2.79. The standard InChI is InChI=1S/C26H39N3O2/c1-4-6-7-8-9-15-29-16-13-21(20(5-2)19-29)17-23(30)18-22-12-14-27-24-10-11-25(31-3)28-26(22)24/h5,10-12,14,20-21,23,30H,2,4,6-9,13,15-19H2,1,3H3. The summed E-state index contributed by atoms with van der Waals surface area (Å²) in [5.74, 6) is 1.51. The molecule has 0 bridgehead atoms. The van der Waals surface area contributed by atoms with Gasteiger partial charge >= 0.3 is 0 Å². The summed E-state index contributed by atoms with van der Waals surface area (Å²) in [6.45, 7) is 9.76. The molecule has 0 radical (unpaired) electrons. The Labute approximate surface area is 187 Å². The van der Waals surface area contributed by atoms with E-state index in [4.69, 9.17) is 4.74 Å². The van der Waals surface area contributed by atoms with Gasteiger partial charge in [0.05, 0.1) is 24.2 Å². The highest BCUT2D eigenvalue weighted by atomic mass is 16.5. The van der Waals surface area contributed by atoms with Crippen LogP contribution < -0.4 is 4.74 Å². The number of ether oxygens (including phenoxy) is 1. The lowest BCUT2D eigenvalue weighted by atomic mass is 9.81. The summed E-state index contributed by atoms with van der Waals surface area (Å²) in [4.78, 5) is 11.6. The third-order valence-electron chi connectivity index (χ3n) is 6.65. The maximum absolute atomic E-state index is 10.9. The van der Waals surface area contributed by atoms with Gasteiger partial charge in [-0.1, -0.05) is 38.7 Å². The number of methoxy groups -OCH3 is 1. The molecule has 0 amide bonds. The topological polar surface area (TPSA) is 58.5 Å². The minimum absolute atomic E-state index is 0.397. The summed E-state index contributed by atoms with van der Waals surface area (Å²) in [5.41, 5.74) is 2.68. The Bertz CT molecular complexity index is 825. The van der Waals surface area contributed by atoms with Crippen LogP contribution in [-0.2, 0) is 6.42 Å². The number of aliphatic hydroxyl groups excluding tert-OH is 1. The van der Waals surface area contributed by atoms with Gasteiger partial charge in [0.1, 0.15) is 0 Å². The number of pyridine rings is 2. The number of fused-ring (bicyclic) bond motifs is 1. The van der Waals surface area contributed by atoms with E-state index < -0.39 is 6.10 Å². The molecular weight excluding hydrogens is 386 g/mol. The second-order valence-electron chi connectivity index (χ2n) is 8.95. The van der Waals surface area contributed by atoms with Crippen molar-refractivity contribution in [2.24, 2.45) is 11.8 Å². The molecule has 5 heteroatoms. The van der Waals surface area contributed by atoms with Crippen molar-refractivity contribution in [2.45, 2.75) is 64.4 Å². The highest BCUT2D eigenvalue weighted by Gasteiger charge is 2.29. The Kier molecular flexibility index (Phi) is 9.29. The highest BCUT2D eigenvalue weighted by Crippen LogP contribution is 2.30. The van der Waals surface area contributed by atoms with Crippen LogP contribution in [0.3, 0.4) is 0 Å². The molecule has 2 aromatic heterocycles. The van der Waals surface area contributed by atoms with Gasteiger partial charge in [0.15, 0.2) is 0 Å². The second kappa shape index (κ2) is 12.2. The van der Waals surface area contributed by atoms with Crippen LogP contribution in [0.2, 0.25) is 0 Å². The number of hydrogen-bond donors (Lipinski definition) is 1. The van der Waals surface area contributed by atoms with Gasteiger partial charge in [-0.25, -0.2) is 4.98 Å². The van der Waals surface area contributed by atoms with Crippen LogP contribution in [0.15, 0.2) is 37.1 Å². The van der Waals surface area contributed by atoms with Gasteiger partial charge in [0.25, 0.3) is 0 Å². The predicted octanol–water partition coefficient (Wildman–Crippen LogP) is 5.03. The van der Waals surface area contributed by atoms with Crippen LogP contribution >= 0.6 is 0 Å². The summed E-state index contributed by atoms with van der Waals surface area (Å²) in [6, 6.07) is 5.70. The first kappa shape index (κ1) is 23.7. The van der Waals surface area contributed by atoms with Crippen LogP contribution in [0.1, 0.15) is 57.4 Å². The minimum atomic E-state index is -0.397. The molecule has 0 aliphatic carbocycles. The summed E-state index contributed by atoms with van der Waals surface area (Å²) in [5, 5.41) is 10.9. The van der Waals surface area contributed by atoms with Crippen molar-refractivity contribution in [3.05, 3.63) is 42.6 Å². The average molecular weight is 426 g/mol. The number of aliphatic hydroxyl groups is 1. The lowest BCUT2D eigenvalue weighted by Crippen LogP contribution is -2.41. The van der Waals surface area contributed by atoms with Crippen LogP contribution in [0, 0.1) is 11.8 Å². The molecule has 1 aliphatic heterocycles. The van der Waals surface area contributed by atoms with E-state index >= 15 is 0 Å². The van der Waals surface area contributed by atoms with E-state index in [1.807, 2.05) is 18.2 Å². The second-order valence-corrected chi connectivity index (χ2v) is 8.95. The van der Waals surface area contributed by atoms with E-state index in [0.29, 0.717) is 24.1 Å². The van der Waals surface area contributed by atoms with Gasteiger partial charge in [-0.05, 0) is 61.9 Å². The molecule has 3 rings (SSSR count). The quantitative estimate of drug-likeness (QED) is 0.382. The molecule has 0 saturated carbocycles. The molecule has 5 nitrogen and oxygen atoms in total. The largest absolute Gasteiger partial charge is 0.481 e. The fourth-order valence-corrected chi connectivity index (χ4v) is 4.83. The number of hydrogen-bond acceptors (Lipinski definition) is 5. The molecule has 170 valence electrons. The first-order valence-electron chi connectivity index (χ1n) is 12.0. The number of unbranched alkanes of at least 4 members (excludes halogenated alkanes) is 4. The van der Waals surface area contributed by atoms with E-state index in [1.165, 1.54) is 38.6 Å². The monoisotopic (exact) mass is 425 g/mol. The summed E-state index contributed by atoms with van der Waals surface area (Å²) in [6.07, 6.45) is 12.7. The zero-order valence-corrected chi connectivity index (χ0v) is 19.3. The first-order valence-corrected chi connectivity index (χ1v) is 12.0. The molecule has 1 fully saturated rings. The van der Waals surface area contributed by atoms with E-state index in [9.17, 15) is 5.11 Å². The van der Waals surface area contributed by atoms with E-state index in [0.717, 1.165) is 42.5 Å². The van der Waals surface area contributed by atoms with Crippen LogP contribution in [0.4, 0.5) is 0 Å². The molecule has 3 unspecified atom stereocenters. The van der Waals surface area contributed by atoms with Gasteiger partial charge in [-0.2, -0.15) is 0 Å². The fourth-order valence-electron chi connectivity index (χ4n) is 4.83. The van der Waals surface area contributed by atoms with Gasteiger partial charge in [-0.15, -0.1) is 6.58 Å². The minimum Gasteiger partial charge on any atom is -0.481 e. The molecule has 31 heavy (non-hydrogen) atoms. The number of piperidine rings is 1. The molecule has 1 N–H and O–H groups in total. The maximum atomic E-state index is 10.9. The lowest BCUT2D eigenvalue weighted by Gasteiger charge is -2.38. The van der Waals surface area contributed by atoms with Crippen LogP contribution in [0.5, 0.6) is 5.88 Å². The van der Waals surface area contributed by atoms with Crippen molar-refractivity contribution in [3.8, 4) is 5.88 Å². The normalized spacial score (nSPS) is 20.6. The summed E-state index contributed by atoms with van der Waals surface area (Å²) in [7, 11) is 1.62. The highest BCUT2D eigenvalue weighted by molar-refractivity contribution is 5.78. The van der Waals surface area contributed by atoms with E-state index in [1.54, 1.807) is 13.3 Å². The van der Waals surface area contributed by atoms with Crippen molar-refractivity contribution in [2.75, 3.05) is 26.7 Å². The Morgan fingerprint density at radius 3 is 2.87 bits per heavy atom. The number of nitrogens with zero attached hydrogens (tertiary/aromatic N) is 3. The molecule has 0 spiro atoms. The zero-order chi connectivity index (χ0) is 22.1. The van der Waals surface area contributed by atoms with Crippen LogP contribution in [0.25, 0.3) is 11.0 Å². The Hall–Kier alpha value is -1.98. The Morgan fingerprint density at radius 1 is 1.26 bits per heavy atom. The van der Waals surface area contributed by atoms with Crippen molar-refractivity contribution in [3.63, 3.8) is 0 Å². The molecule has 1 aliphatic rings. The Balaban J connectivity index is 1.54. The molecule has 2 aromatic rings. The smallest absolute Gasteiger partial charge is 0.213 e. The lowest BCUT2D eigenvalue weighted by molar-refractivity contribution is 0.0839. The van der Waals surface area contributed by atoms with Crippen molar-refractivity contribution in [1.82, 2.24) is 14.9 Å². The third kappa shape index (κ3) is 6.75. The maximum Gasteiger partial charge on any atom is 0.213 e. The molecular formula is C26H39N3O2. The summed E-state index contributed by atoms with van der Waals surface area (Å²) >= 11 is 0. The van der Waals surface area contributed by atoms with Gasteiger partial charge in [0, 0.05) is 25.2 Å². The SMILES string of the molecule is C=CC1CN(CCCCCCC)CCC1CC(O)Cc1ccnc2ccc(OC)nc12. The van der Waals surface area contributed by atoms with Gasteiger partial charge in [0.2, 0.25) is 5.88 Å². The zero-order valence-electron chi connectivity index (χ0n) is 19.3. The predicted molar refractivity (Wildman–Crippen MR) is 127 cm³/mol. The van der Waals surface area contributed by atoms with Gasteiger partial charge in [-0.3, -0.25) is 4.98 Å². The molecule has 3 atom stereocenters. The van der Waals surface area contributed by atoms with E-state index in [2.05, 4.69) is 34.4 Å². The Morgan fingerprint density at radius 2 is 2.10 bits per heavy atom. The first-order chi connectivity index (χ1) is 15.1. The van der Waals surface area contributed by atoms with Crippen molar-refractivity contribution >= 4 is 11.0 Å². The van der Waals surface area contributed by atoms with Gasteiger partial charge < -0.3 is 14.7 Å². The summed E-state index contributed by atoms with van der Waals surface area (Å²) < 4.78 is 5.27. The van der Waals surface area contributed by atoms with Crippen molar-refractivity contribution in [1.29, 1.82) is 0 Å². The molecule has 1 saturated heterocycles. The number of likely N-dealkylation sites (tertiary alicyclic amines) is 1. The van der Waals surface area contributed by atoms with Crippen molar-refractivity contribution < 1.29 is 9.84 Å². The fraction of sp³-hybridized carbons (Fsp3) is 0.615. The molecule has 0 aromatic carbocycles. The van der Waals surface area contributed by atoms with Crippen LogP contribution in [-0.4, -0.2) is 52.8 Å². The number of rotatable bonds is 12. The third-order valence-corrected chi connectivity index (χ3v) is 6.65.